The molecule has 1 aliphatic rings. The Hall–Kier alpha value is -1.79. The largest absolute Gasteiger partial charge is 0.496 e. The fraction of sp³-hybridized carbons (Fsp3) is 0.533. The van der Waals surface area contributed by atoms with Crippen molar-refractivity contribution in [1.82, 2.24) is 9.80 Å². The van der Waals surface area contributed by atoms with Crippen LogP contribution in [-0.4, -0.2) is 61.2 Å². The van der Waals surface area contributed by atoms with Crippen molar-refractivity contribution in [2.75, 3.05) is 34.3 Å². The number of methoxy groups -OCH3 is 1. The van der Waals surface area contributed by atoms with Crippen molar-refractivity contribution in [2.45, 2.75) is 19.0 Å². The van der Waals surface area contributed by atoms with Crippen LogP contribution in [-0.2, 0) is 6.54 Å². The molecule has 0 radical (unpaired) electrons. The van der Waals surface area contributed by atoms with E-state index in [1.165, 1.54) is 6.42 Å². The van der Waals surface area contributed by atoms with Crippen molar-refractivity contribution < 1.29 is 9.94 Å². The van der Waals surface area contributed by atoms with Crippen molar-refractivity contribution in [3.63, 3.8) is 0 Å². The summed E-state index contributed by atoms with van der Waals surface area (Å²) in [6.07, 6.45) is 1.19. The minimum absolute atomic E-state index is 0.0706. The number of hydrogen-bond donors (Lipinski definition) is 2. The number of benzene rings is 1. The van der Waals surface area contributed by atoms with E-state index < -0.39 is 0 Å². The van der Waals surface area contributed by atoms with Gasteiger partial charge in [-0.05, 0) is 38.2 Å². The van der Waals surface area contributed by atoms with Gasteiger partial charge in [-0.25, -0.2) is 0 Å². The highest BCUT2D eigenvalue weighted by Gasteiger charge is 2.24. The summed E-state index contributed by atoms with van der Waals surface area (Å²) in [4.78, 5) is 4.69. The Labute approximate surface area is 125 Å². The molecule has 0 spiro atoms. The van der Waals surface area contributed by atoms with Crippen molar-refractivity contribution >= 4 is 5.84 Å². The molecular weight excluding hydrogens is 268 g/mol. The third-order valence-corrected chi connectivity index (χ3v) is 4.03. The zero-order valence-corrected chi connectivity index (χ0v) is 12.9. The van der Waals surface area contributed by atoms with Gasteiger partial charge < -0.3 is 20.6 Å². The number of hydrogen-bond acceptors (Lipinski definition) is 5. The predicted octanol–water partition coefficient (Wildman–Crippen LogP) is 0.926. The molecule has 0 aliphatic carbocycles. The standard InChI is InChI=1S/C15H24N4O2/c1-18(2)12-6-7-19(10-12)9-11-4-5-14(21-3)13(8-11)15(16)17-20/h4-5,8,12,20H,6-7,9-10H2,1-3H3,(H2,16,17). The van der Waals surface area contributed by atoms with E-state index in [2.05, 4.69) is 29.1 Å². The van der Waals surface area contributed by atoms with Gasteiger partial charge in [0.1, 0.15) is 5.75 Å². The topological polar surface area (TPSA) is 74.3 Å². The average molecular weight is 292 g/mol. The molecule has 1 saturated heterocycles. The maximum absolute atomic E-state index is 8.87. The zero-order chi connectivity index (χ0) is 15.4. The summed E-state index contributed by atoms with van der Waals surface area (Å²) in [5.41, 5.74) is 7.47. The predicted molar refractivity (Wildman–Crippen MR) is 82.9 cm³/mol. The summed E-state index contributed by atoms with van der Waals surface area (Å²) in [7, 11) is 5.82. The van der Waals surface area contributed by atoms with Crippen molar-refractivity contribution in [3.8, 4) is 5.75 Å². The molecule has 1 aromatic rings. The van der Waals surface area contributed by atoms with Crippen LogP contribution in [0.1, 0.15) is 17.5 Å². The lowest BCUT2D eigenvalue weighted by molar-refractivity contribution is 0.264. The van der Waals surface area contributed by atoms with E-state index in [1.54, 1.807) is 7.11 Å². The highest BCUT2D eigenvalue weighted by molar-refractivity contribution is 5.99. The number of likely N-dealkylation sites (tertiary alicyclic amines) is 1. The van der Waals surface area contributed by atoms with E-state index in [0.29, 0.717) is 17.4 Å². The third-order valence-electron chi connectivity index (χ3n) is 4.03. The lowest BCUT2D eigenvalue weighted by atomic mass is 10.1. The Morgan fingerprint density at radius 3 is 2.86 bits per heavy atom. The highest BCUT2D eigenvalue weighted by atomic mass is 16.5. The minimum Gasteiger partial charge on any atom is -0.496 e. The number of rotatable bonds is 5. The summed E-state index contributed by atoms with van der Waals surface area (Å²) in [6, 6.07) is 6.43. The molecule has 1 aliphatic heterocycles. The lowest BCUT2D eigenvalue weighted by Gasteiger charge is -2.20. The fourth-order valence-electron chi connectivity index (χ4n) is 2.74. The van der Waals surface area contributed by atoms with Crippen LogP contribution in [0.15, 0.2) is 23.4 Å². The number of nitrogens with two attached hydrogens (primary N) is 1. The van der Waals surface area contributed by atoms with Crippen LogP contribution in [0.25, 0.3) is 0 Å². The average Bonchev–Trinajstić information content (AvgIpc) is 2.95. The molecule has 2 rings (SSSR count). The number of nitrogens with zero attached hydrogens (tertiary/aromatic N) is 3. The molecule has 6 nitrogen and oxygen atoms in total. The molecule has 0 saturated carbocycles. The van der Waals surface area contributed by atoms with Crippen LogP contribution >= 0.6 is 0 Å². The maximum Gasteiger partial charge on any atom is 0.173 e. The zero-order valence-electron chi connectivity index (χ0n) is 12.9. The van der Waals surface area contributed by atoms with E-state index >= 15 is 0 Å². The number of ether oxygens (including phenoxy) is 1. The van der Waals surface area contributed by atoms with Crippen LogP contribution in [0.2, 0.25) is 0 Å². The van der Waals surface area contributed by atoms with Gasteiger partial charge in [0.2, 0.25) is 0 Å². The molecule has 1 unspecified atom stereocenters. The van der Waals surface area contributed by atoms with Gasteiger partial charge in [0.25, 0.3) is 0 Å². The summed E-state index contributed by atoms with van der Waals surface area (Å²) in [5.74, 6) is 0.683. The molecule has 1 fully saturated rings. The molecule has 3 N–H and O–H groups in total. The van der Waals surface area contributed by atoms with Crippen LogP contribution in [0.5, 0.6) is 5.75 Å². The van der Waals surface area contributed by atoms with Crippen LogP contribution in [0.3, 0.4) is 0 Å². The highest BCUT2D eigenvalue weighted by Crippen LogP contribution is 2.22. The van der Waals surface area contributed by atoms with Gasteiger partial charge in [-0.2, -0.15) is 0 Å². The van der Waals surface area contributed by atoms with Crippen molar-refractivity contribution in [1.29, 1.82) is 0 Å². The monoisotopic (exact) mass is 292 g/mol. The van der Waals surface area contributed by atoms with Crippen LogP contribution in [0, 0.1) is 0 Å². The summed E-state index contributed by atoms with van der Waals surface area (Å²) in [6.45, 7) is 3.02. The third kappa shape index (κ3) is 3.65. The lowest BCUT2D eigenvalue weighted by Crippen LogP contribution is -2.31. The Morgan fingerprint density at radius 1 is 1.52 bits per heavy atom. The van der Waals surface area contributed by atoms with Crippen molar-refractivity contribution in [2.24, 2.45) is 10.9 Å². The Bertz CT molecular complexity index is 516. The summed E-state index contributed by atoms with van der Waals surface area (Å²) < 4.78 is 5.25. The Balaban J connectivity index is 2.11. The van der Waals surface area contributed by atoms with Crippen LogP contribution in [0.4, 0.5) is 0 Å². The van der Waals surface area contributed by atoms with Gasteiger partial charge in [-0.1, -0.05) is 11.2 Å². The molecule has 6 heteroatoms. The molecule has 1 aromatic carbocycles. The van der Waals surface area contributed by atoms with E-state index in [0.717, 1.165) is 25.2 Å². The van der Waals surface area contributed by atoms with E-state index in [1.807, 2.05) is 18.2 Å². The first-order valence-corrected chi connectivity index (χ1v) is 7.08. The minimum atomic E-state index is 0.0706. The van der Waals surface area contributed by atoms with Gasteiger partial charge in [0.15, 0.2) is 5.84 Å². The number of oxime groups is 1. The summed E-state index contributed by atoms with van der Waals surface area (Å²) >= 11 is 0. The second kappa shape index (κ2) is 6.78. The molecule has 0 bridgehead atoms. The summed E-state index contributed by atoms with van der Waals surface area (Å²) in [5, 5.41) is 11.9. The fourth-order valence-corrected chi connectivity index (χ4v) is 2.74. The molecule has 0 amide bonds. The first kappa shape index (κ1) is 15.6. The van der Waals surface area contributed by atoms with E-state index in [4.69, 9.17) is 15.7 Å². The molecule has 21 heavy (non-hydrogen) atoms. The quantitative estimate of drug-likeness (QED) is 0.365. The first-order valence-electron chi connectivity index (χ1n) is 7.08. The Morgan fingerprint density at radius 2 is 2.29 bits per heavy atom. The normalized spacial score (nSPS) is 20.2. The van der Waals surface area contributed by atoms with Crippen LogP contribution < -0.4 is 10.5 Å². The van der Waals surface area contributed by atoms with Gasteiger partial charge in [-0.15, -0.1) is 0 Å². The van der Waals surface area contributed by atoms with Gasteiger partial charge in [0, 0.05) is 25.7 Å². The molecule has 1 atom stereocenters. The SMILES string of the molecule is COc1ccc(CN2CCC(N(C)C)C2)cc1C(N)=NO. The second-order valence-electron chi connectivity index (χ2n) is 5.66. The number of amidine groups is 1. The van der Waals surface area contributed by atoms with Gasteiger partial charge >= 0.3 is 0 Å². The Kier molecular flexibility index (Phi) is 5.03. The molecule has 0 aromatic heterocycles. The van der Waals surface area contributed by atoms with Gasteiger partial charge in [-0.3, -0.25) is 4.90 Å². The maximum atomic E-state index is 8.87. The smallest absolute Gasteiger partial charge is 0.173 e. The molecular formula is C15H24N4O2. The van der Waals surface area contributed by atoms with Gasteiger partial charge in [0.05, 0.1) is 12.7 Å². The van der Waals surface area contributed by atoms with Crippen molar-refractivity contribution in [3.05, 3.63) is 29.3 Å². The van der Waals surface area contributed by atoms with E-state index in [-0.39, 0.29) is 5.84 Å². The second-order valence-corrected chi connectivity index (χ2v) is 5.66. The first-order chi connectivity index (χ1) is 10.0. The molecule has 116 valence electrons. The van der Waals surface area contributed by atoms with E-state index in [9.17, 15) is 0 Å². The molecule has 1 heterocycles. The number of likely N-dealkylation sites (N-methyl/N-ethyl adjacent to an activating group) is 1.